The van der Waals surface area contributed by atoms with Gasteiger partial charge in [-0.3, -0.25) is 14.6 Å². The summed E-state index contributed by atoms with van der Waals surface area (Å²) in [7, 11) is 1.65. The summed E-state index contributed by atoms with van der Waals surface area (Å²) in [6.45, 7) is 7.36. The lowest BCUT2D eigenvalue weighted by Gasteiger charge is -2.36. The highest BCUT2D eigenvalue weighted by molar-refractivity contribution is 7.09. The highest BCUT2D eigenvalue weighted by Gasteiger charge is 2.59. The molecule has 172 valence electrons. The van der Waals surface area contributed by atoms with Gasteiger partial charge in [0.15, 0.2) is 0 Å². The average Bonchev–Trinajstić information content (AvgIpc) is 3.26. The van der Waals surface area contributed by atoms with Crippen molar-refractivity contribution in [1.29, 1.82) is 0 Å². The molecular formula is C25H33N3O3S. The number of piperidine rings is 1. The maximum Gasteiger partial charge on any atom is 0.226 e. The third-order valence-electron chi connectivity index (χ3n) is 7.66. The fourth-order valence-corrected chi connectivity index (χ4v) is 6.18. The van der Waals surface area contributed by atoms with E-state index in [4.69, 9.17) is 4.74 Å². The van der Waals surface area contributed by atoms with Gasteiger partial charge in [0.25, 0.3) is 0 Å². The summed E-state index contributed by atoms with van der Waals surface area (Å²) >= 11 is 1.81. The summed E-state index contributed by atoms with van der Waals surface area (Å²) in [6, 6.07) is 9.71. The average molecular weight is 456 g/mol. The maximum absolute atomic E-state index is 13.2. The molecule has 2 saturated heterocycles. The van der Waals surface area contributed by atoms with Crippen molar-refractivity contribution in [2.24, 2.45) is 11.3 Å². The fourth-order valence-electron chi connectivity index (χ4n) is 5.43. The van der Waals surface area contributed by atoms with Crippen LogP contribution in [0.2, 0.25) is 0 Å². The Morgan fingerprint density at radius 3 is 2.53 bits per heavy atom. The Hall–Kier alpha value is -2.09. The van der Waals surface area contributed by atoms with Crippen LogP contribution >= 0.6 is 11.3 Å². The molecule has 1 saturated carbocycles. The van der Waals surface area contributed by atoms with Crippen molar-refractivity contribution in [3.8, 4) is 11.5 Å². The highest BCUT2D eigenvalue weighted by atomic mass is 32.1. The van der Waals surface area contributed by atoms with Gasteiger partial charge >= 0.3 is 0 Å². The lowest BCUT2D eigenvalue weighted by molar-refractivity contribution is -0.135. The SMILES string of the molecule is COc1ccc(O)c(CN2CCC3(CC2)CC3C(=O)N2CCN(Cc3cccs3)CC2)c1. The molecule has 1 aliphatic carbocycles. The van der Waals surface area contributed by atoms with Crippen molar-refractivity contribution < 1.29 is 14.6 Å². The smallest absolute Gasteiger partial charge is 0.226 e. The fraction of sp³-hybridized carbons (Fsp3) is 0.560. The van der Waals surface area contributed by atoms with E-state index < -0.39 is 0 Å². The number of amides is 1. The van der Waals surface area contributed by atoms with Gasteiger partial charge in [0.1, 0.15) is 11.5 Å². The first-order valence-electron chi connectivity index (χ1n) is 11.7. The summed E-state index contributed by atoms with van der Waals surface area (Å²) < 4.78 is 5.30. The first kappa shape index (κ1) is 21.7. The topological polar surface area (TPSA) is 56.3 Å². The summed E-state index contributed by atoms with van der Waals surface area (Å²) in [6.07, 6.45) is 3.21. The summed E-state index contributed by atoms with van der Waals surface area (Å²) in [5.41, 5.74) is 1.13. The van der Waals surface area contributed by atoms with Crippen molar-refractivity contribution in [3.05, 3.63) is 46.2 Å². The van der Waals surface area contributed by atoms with Gasteiger partial charge in [-0.1, -0.05) is 6.07 Å². The third-order valence-corrected chi connectivity index (χ3v) is 8.52. The number of hydrogen-bond donors (Lipinski definition) is 1. The highest BCUT2D eigenvalue weighted by Crippen LogP contribution is 2.60. The third kappa shape index (κ3) is 4.51. The molecule has 3 aliphatic rings. The number of carbonyl (C=O) groups is 1. The Kier molecular flexibility index (Phi) is 6.14. The van der Waals surface area contributed by atoms with Gasteiger partial charge in [0, 0.05) is 55.6 Å². The van der Waals surface area contributed by atoms with E-state index in [0.29, 0.717) is 11.7 Å². The van der Waals surface area contributed by atoms with Gasteiger partial charge in [-0.2, -0.15) is 0 Å². The minimum Gasteiger partial charge on any atom is -0.508 e. The molecule has 1 atom stereocenters. The first-order valence-corrected chi connectivity index (χ1v) is 12.6. The van der Waals surface area contributed by atoms with Crippen molar-refractivity contribution in [2.75, 3.05) is 46.4 Å². The molecule has 32 heavy (non-hydrogen) atoms. The predicted octanol–water partition coefficient (Wildman–Crippen LogP) is 3.41. The van der Waals surface area contributed by atoms with E-state index in [0.717, 1.165) is 82.9 Å². The zero-order valence-corrected chi connectivity index (χ0v) is 19.6. The van der Waals surface area contributed by atoms with E-state index in [1.165, 1.54) is 4.88 Å². The zero-order valence-electron chi connectivity index (χ0n) is 18.8. The molecule has 2 aromatic rings. The second-order valence-electron chi connectivity index (χ2n) is 9.57. The predicted molar refractivity (Wildman–Crippen MR) is 126 cm³/mol. The molecule has 0 radical (unpaired) electrons. The molecule has 3 fully saturated rings. The van der Waals surface area contributed by atoms with E-state index in [1.807, 2.05) is 17.4 Å². The number of nitrogens with zero attached hydrogens (tertiary/aromatic N) is 3. The largest absolute Gasteiger partial charge is 0.508 e. The van der Waals surface area contributed by atoms with Crippen LogP contribution in [0.3, 0.4) is 0 Å². The maximum atomic E-state index is 13.2. The van der Waals surface area contributed by atoms with Crippen molar-refractivity contribution in [1.82, 2.24) is 14.7 Å². The standard InChI is InChI=1S/C25H33N3O3S/c1-31-20-4-5-23(29)19(15-20)17-26-8-6-25(7-9-26)16-22(25)24(30)28-12-10-27(11-13-28)18-21-3-2-14-32-21/h2-5,14-15,22,29H,6-13,16-18H2,1H3. The molecule has 1 aromatic carbocycles. The number of phenols is 1. The van der Waals surface area contributed by atoms with Crippen LogP contribution < -0.4 is 4.74 Å². The molecule has 2 aliphatic heterocycles. The Bertz CT molecular complexity index is 932. The number of phenolic OH excluding ortho intramolecular Hbond substituents is 1. The van der Waals surface area contributed by atoms with E-state index in [-0.39, 0.29) is 11.3 Å². The number of thiophene rings is 1. The number of rotatable bonds is 6. The molecule has 1 spiro atoms. The van der Waals surface area contributed by atoms with Gasteiger partial charge in [-0.25, -0.2) is 0 Å². The Morgan fingerprint density at radius 1 is 1.09 bits per heavy atom. The molecule has 6 nitrogen and oxygen atoms in total. The van der Waals surface area contributed by atoms with E-state index in [2.05, 4.69) is 32.2 Å². The van der Waals surface area contributed by atoms with Crippen LogP contribution in [0, 0.1) is 11.3 Å². The number of likely N-dealkylation sites (tertiary alicyclic amines) is 1. The number of carbonyl (C=O) groups excluding carboxylic acids is 1. The lowest BCUT2D eigenvalue weighted by atomic mass is 9.90. The quantitative estimate of drug-likeness (QED) is 0.724. The van der Waals surface area contributed by atoms with Crippen LogP contribution in [0.5, 0.6) is 11.5 Å². The minimum absolute atomic E-state index is 0.220. The normalized spacial score (nSPS) is 23.4. The van der Waals surface area contributed by atoms with Crippen LogP contribution in [0.15, 0.2) is 35.7 Å². The summed E-state index contributed by atoms with van der Waals surface area (Å²) in [5, 5.41) is 12.3. The van der Waals surface area contributed by atoms with Gasteiger partial charge in [0.05, 0.1) is 7.11 Å². The second kappa shape index (κ2) is 9.04. The van der Waals surface area contributed by atoms with Crippen molar-refractivity contribution >= 4 is 17.2 Å². The number of aromatic hydroxyl groups is 1. The molecular weight excluding hydrogens is 422 g/mol. The van der Waals surface area contributed by atoms with E-state index >= 15 is 0 Å². The van der Waals surface area contributed by atoms with Crippen LogP contribution in [0.1, 0.15) is 29.7 Å². The molecule has 3 heterocycles. The molecule has 1 amide bonds. The van der Waals surface area contributed by atoms with Crippen molar-refractivity contribution in [2.45, 2.75) is 32.4 Å². The Labute approximate surface area is 194 Å². The van der Waals surface area contributed by atoms with E-state index in [9.17, 15) is 9.90 Å². The summed E-state index contributed by atoms with van der Waals surface area (Å²) in [5.74, 6) is 1.71. The van der Waals surface area contributed by atoms with E-state index in [1.54, 1.807) is 19.2 Å². The molecule has 7 heteroatoms. The number of methoxy groups -OCH3 is 1. The molecule has 1 N–H and O–H groups in total. The number of piperazine rings is 1. The van der Waals surface area contributed by atoms with Crippen molar-refractivity contribution in [3.63, 3.8) is 0 Å². The number of hydrogen-bond acceptors (Lipinski definition) is 6. The van der Waals surface area contributed by atoms with Crippen LogP contribution in [-0.4, -0.2) is 72.1 Å². The molecule has 1 unspecified atom stereocenters. The monoisotopic (exact) mass is 455 g/mol. The lowest BCUT2D eigenvalue weighted by Crippen LogP contribution is -2.49. The molecule has 0 bridgehead atoms. The van der Waals surface area contributed by atoms with Gasteiger partial charge in [-0.05, 0) is 67.4 Å². The van der Waals surface area contributed by atoms with Gasteiger partial charge in [-0.15, -0.1) is 11.3 Å². The minimum atomic E-state index is 0.220. The Morgan fingerprint density at radius 2 is 1.84 bits per heavy atom. The molecule has 1 aromatic heterocycles. The number of ether oxygens (including phenoxy) is 1. The zero-order chi connectivity index (χ0) is 22.1. The van der Waals surface area contributed by atoms with Gasteiger partial charge in [0.2, 0.25) is 5.91 Å². The van der Waals surface area contributed by atoms with Crippen LogP contribution in [0.25, 0.3) is 0 Å². The summed E-state index contributed by atoms with van der Waals surface area (Å²) in [4.78, 5) is 21.6. The van der Waals surface area contributed by atoms with Crippen LogP contribution in [-0.2, 0) is 17.9 Å². The Balaban J connectivity index is 1.09. The number of benzene rings is 1. The second-order valence-corrected chi connectivity index (χ2v) is 10.6. The molecule has 5 rings (SSSR count). The van der Waals surface area contributed by atoms with Crippen LogP contribution in [0.4, 0.5) is 0 Å². The first-order chi connectivity index (χ1) is 15.6. The van der Waals surface area contributed by atoms with Gasteiger partial charge < -0.3 is 14.7 Å².